The summed E-state index contributed by atoms with van der Waals surface area (Å²) in [4.78, 5) is 15.8. The molecule has 3 aromatic rings. The van der Waals surface area contributed by atoms with E-state index in [2.05, 4.69) is 4.98 Å². The molecule has 1 aromatic heterocycles. The van der Waals surface area contributed by atoms with Crippen molar-refractivity contribution >= 4 is 6.29 Å². The van der Waals surface area contributed by atoms with E-state index in [0.717, 1.165) is 34.4 Å². The molecule has 0 saturated carbocycles. The van der Waals surface area contributed by atoms with Crippen molar-refractivity contribution in [2.24, 2.45) is 0 Å². The van der Waals surface area contributed by atoms with Crippen molar-refractivity contribution in [3.63, 3.8) is 0 Å². The molecular formula is C21H19NO3. The van der Waals surface area contributed by atoms with Crippen LogP contribution in [0.15, 0.2) is 60.8 Å². The van der Waals surface area contributed by atoms with E-state index in [1.54, 1.807) is 19.4 Å². The maximum Gasteiger partial charge on any atom is 0.154 e. The van der Waals surface area contributed by atoms with E-state index in [-0.39, 0.29) is 0 Å². The van der Waals surface area contributed by atoms with Crippen LogP contribution < -0.4 is 9.47 Å². The molecule has 0 spiro atoms. The summed E-state index contributed by atoms with van der Waals surface area (Å²) in [6.45, 7) is 2.20. The van der Waals surface area contributed by atoms with E-state index in [9.17, 15) is 4.79 Å². The molecule has 0 radical (unpaired) electrons. The number of methoxy groups -OCH3 is 1. The molecule has 0 aliphatic carbocycles. The highest BCUT2D eigenvalue weighted by Crippen LogP contribution is 2.31. The number of hydrogen-bond donors (Lipinski definition) is 0. The number of carbonyl (C=O) groups excluding carboxylic acids is 1. The Labute approximate surface area is 147 Å². The summed E-state index contributed by atoms with van der Waals surface area (Å²) in [5.41, 5.74) is 4.10. The zero-order chi connectivity index (χ0) is 17.6. The quantitative estimate of drug-likeness (QED) is 0.625. The van der Waals surface area contributed by atoms with Crippen LogP contribution in [-0.2, 0) is 6.61 Å². The number of aldehydes is 1. The fourth-order valence-corrected chi connectivity index (χ4v) is 2.72. The van der Waals surface area contributed by atoms with E-state index in [1.165, 1.54) is 0 Å². The largest absolute Gasteiger partial charge is 0.496 e. The SMILES string of the molecule is COc1ccccc1-c1ncccc1COc1cccc(C)c1C=O. The van der Waals surface area contributed by atoms with Gasteiger partial charge in [-0.05, 0) is 36.8 Å². The summed E-state index contributed by atoms with van der Waals surface area (Å²) in [7, 11) is 1.64. The van der Waals surface area contributed by atoms with Crippen LogP contribution in [0.2, 0.25) is 0 Å². The van der Waals surface area contributed by atoms with Gasteiger partial charge in [-0.15, -0.1) is 0 Å². The van der Waals surface area contributed by atoms with Crippen molar-refractivity contribution in [2.45, 2.75) is 13.5 Å². The lowest BCUT2D eigenvalue weighted by Gasteiger charge is -2.14. The van der Waals surface area contributed by atoms with Crippen LogP contribution in [0.5, 0.6) is 11.5 Å². The van der Waals surface area contributed by atoms with E-state index in [1.807, 2.05) is 55.5 Å². The van der Waals surface area contributed by atoms with Gasteiger partial charge in [0.2, 0.25) is 0 Å². The van der Waals surface area contributed by atoms with Gasteiger partial charge in [-0.25, -0.2) is 0 Å². The minimum absolute atomic E-state index is 0.311. The molecule has 0 amide bonds. The van der Waals surface area contributed by atoms with Crippen molar-refractivity contribution in [1.82, 2.24) is 4.98 Å². The van der Waals surface area contributed by atoms with Crippen LogP contribution in [-0.4, -0.2) is 18.4 Å². The lowest BCUT2D eigenvalue weighted by atomic mass is 10.1. The van der Waals surface area contributed by atoms with Crippen LogP contribution in [0.25, 0.3) is 11.3 Å². The van der Waals surface area contributed by atoms with Gasteiger partial charge >= 0.3 is 0 Å². The summed E-state index contributed by atoms with van der Waals surface area (Å²) >= 11 is 0. The third-order valence-corrected chi connectivity index (χ3v) is 4.04. The number of ether oxygens (including phenoxy) is 2. The van der Waals surface area contributed by atoms with Gasteiger partial charge in [-0.1, -0.05) is 30.3 Å². The van der Waals surface area contributed by atoms with Crippen molar-refractivity contribution < 1.29 is 14.3 Å². The van der Waals surface area contributed by atoms with Gasteiger partial charge in [0.15, 0.2) is 6.29 Å². The molecule has 4 nitrogen and oxygen atoms in total. The molecule has 3 rings (SSSR count). The number of para-hydroxylation sites is 1. The van der Waals surface area contributed by atoms with Gasteiger partial charge < -0.3 is 9.47 Å². The van der Waals surface area contributed by atoms with Gasteiger partial charge in [0.1, 0.15) is 18.1 Å². The molecule has 0 saturated heterocycles. The molecular weight excluding hydrogens is 314 g/mol. The number of nitrogens with zero attached hydrogens (tertiary/aromatic N) is 1. The summed E-state index contributed by atoms with van der Waals surface area (Å²) in [6.07, 6.45) is 2.57. The van der Waals surface area contributed by atoms with Gasteiger partial charge in [-0.3, -0.25) is 9.78 Å². The van der Waals surface area contributed by atoms with Gasteiger partial charge in [-0.2, -0.15) is 0 Å². The molecule has 126 valence electrons. The Morgan fingerprint density at radius 3 is 2.60 bits per heavy atom. The maximum atomic E-state index is 11.3. The summed E-state index contributed by atoms with van der Waals surface area (Å²) in [6, 6.07) is 17.1. The number of benzene rings is 2. The number of carbonyl (C=O) groups is 1. The first-order chi connectivity index (χ1) is 12.2. The topological polar surface area (TPSA) is 48.4 Å². The molecule has 25 heavy (non-hydrogen) atoms. The van der Waals surface area contributed by atoms with Crippen LogP contribution in [0.4, 0.5) is 0 Å². The van der Waals surface area contributed by atoms with Gasteiger partial charge in [0.25, 0.3) is 0 Å². The van der Waals surface area contributed by atoms with Gasteiger partial charge in [0, 0.05) is 17.3 Å². The first-order valence-electron chi connectivity index (χ1n) is 7.99. The average molecular weight is 333 g/mol. The fourth-order valence-electron chi connectivity index (χ4n) is 2.72. The Morgan fingerprint density at radius 1 is 1.00 bits per heavy atom. The molecule has 0 aliphatic heterocycles. The second-order valence-electron chi connectivity index (χ2n) is 5.60. The molecule has 0 aliphatic rings. The predicted octanol–water partition coefficient (Wildman–Crippen LogP) is 4.46. The maximum absolute atomic E-state index is 11.3. The lowest BCUT2D eigenvalue weighted by molar-refractivity contribution is 0.111. The second-order valence-corrected chi connectivity index (χ2v) is 5.60. The number of pyridine rings is 1. The average Bonchev–Trinajstić information content (AvgIpc) is 2.66. The van der Waals surface area contributed by atoms with Crippen LogP contribution in [0.1, 0.15) is 21.5 Å². The Bertz CT molecular complexity index is 890. The monoisotopic (exact) mass is 333 g/mol. The Hall–Kier alpha value is -3.14. The van der Waals surface area contributed by atoms with Crippen molar-refractivity contribution in [1.29, 1.82) is 0 Å². The molecule has 0 atom stereocenters. The third-order valence-electron chi connectivity index (χ3n) is 4.04. The zero-order valence-electron chi connectivity index (χ0n) is 14.2. The number of aromatic nitrogens is 1. The minimum atomic E-state index is 0.311. The van der Waals surface area contributed by atoms with E-state index >= 15 is 0 Å². The molecule has 0 N–H and O–H groups in total. The first-order valence-corrected chi connectivity index (χ1v) is 7.99. The van der Waals surface area contributed by atoms with Crippen LogP contribution >= 0.6 is 0 Å². The molecule has 4 heteroatoms. The molecule has 0 fully saturated rings. The first kappa shape index (κ1) is 16.7. The second kappa shape index (κ2) is 7.62. The lowest BCUT2D eigenvalue weighted by Crippen LogP contribution is -2.02. The molecule has 1 heterocycles. The van der Waals surface area contributed by atoms with Crippen LogP contribution in [0, 0.1) is 6.92 Å². The zero-order valence-corrected chi connectivity index (χ0v) is 14.2. The summed E-state index contributed by atoms with van der Waals surface area (Å²) in [5.74, 6) is 1.33. The predicted molar refractivity (Wildman–Crippen MR) is 97.1 cm³/mol. The Kier molecular flexibility index (Phi) is 5.09. The van der Waals surface area contributed by atoms with E-state index in [4.69, 9.17) is 9.47 Å². The third kappa shape index (κ3) is 3.53. The summed E-state index contributed by atoms with van der Waals surface area (Å²) < 4.78 is 11.4. The number of rotatable bonds is 6. The Balaban J connectivity index is 1.93. The van der Waals surface area contributed by atoms with Crippen molar-refractivity contribution in [3.05, 3.63) is 77.5 Å². The molecule has 2 aromatic carbocycles. The Morgan fingerprint density at radius 2 is 1.80 bits per heavy atom. The molecule has 0 unspecified atom stereocenters. The standard InChI is InChI=1S/C21H19NO3/c1-15-7-5-11-20(18(15)13-23)25-14-16-8-6-12-22-21(16)17-9-3-4-10-19(17)24-2/h3-13H,14H2,1-2H3. The van der Waals surface area contributed by atoms with Crippen molar-refractivity contribution in [3.8, 4) is 22.8 Å². The fraction of sp³-hybridized carbons (Fsp3) is 0.143. The van der Waals surface area contributed by atoms with Crippen molar-refractivity contribution in [2.75, 3.05) is 7.11 Å². The van der Waals surface area contributed by atoms with Crippen LogP contribution in [0.3, 0.4) is 0 Å². The number of hydrogen-bond acceptors (Lipinski definition) is 4. The minimum Gasteiger partial charge on any atom is -0.496 e. The molecule has 0 bridgehead atoms. The van der Waals surface area contributed by atoms with E-state index in [0.29, 0.717) is 17.9 Å². The van der Waals surface area contributed by atoms with Gasteiger partial charge in [0.05, 0.1) is 18.4 Å². The van der Waals surface area contributed by atoms with E-state index < -0.39 is 0 Å². The highest BCUT2D eigenvalue weighted by atomic mass is 16.5. The normalized spacial score (nSPS) is 10.3. The summed E-state index contributed by atoms with van der Waals surface area (Å²) in [5, 5.41) is 0. The number of aryl methyl sites for hydroxylation is 1. The highest BCUT2D eigenvalue weighted by molar-refractivity contribution is 5.81. The highest BCUT2D eigenvalue weighted by Gasteiger charge is 2.13. The smallest absolute Gasteiger partial charge is 0.154 e.